The van der Waals surface area contributed by atoms with Gasteiger partial charge in [0.25, 0.3) is 0 Å². The van der Waals surface area contributed by atoms with E-state index in [1.54, 1.807) is 0 Å². The smallest absolute Gasteiger partial charge is 0.307 e. The molecule has 4 nitrogen and oxygen atoms in total. The minimum absolute atomic E-state index is 0.116. The predicted molar refractivity (Wildman–Crippen MR) is 62.2 cm³/mol. The van der Waals surface area contributed by atoms with Crippen molar-refractivity contribution in [3.63, 3.8) is 0 Å². The van der Waals surface area contributed by atoms with Crippen molar-refractivity contribution >= 4 is 5.97 Å². The molecule has 1 aliphatic carbocycles. The summed E-state index contributed by atoms with van der Waals surface area (Å²) in [5.41, 5.74) is 0.250. The van der Waals surface area contributed by atoms with Crippen LogP contribution in [0.3, 0.4) is 0 Å². The SMILES string of the molecule is COC(=O)C[C@@H]1CC[C@@]23CCCC[C@H](C2)ON13. The lowest BCUT2D eigenvalue weighted by molar-refractivity contribution is -0.203. The maximum absolute atomic E-state index is 11.4. The first-order chi connectivity index (χ1) is 8.23. The molecule has 2 heterocycles. The molecule has 1 saturated carbocycles. The minimum Gasteiger partial charge on any atom is -0.469 e. The Labute approximate surface area is 102 Å². The lowest BCUT2D eigenvalue weighted by Crippen LogP contribution is -2.42. The molecule has 2 aliphatic heterocycles. The van der Waals surface area contributed by atoms with E-state index in [-0.39, 0.29) is 17.6 Å². The number of fused-ring (bicyclic) bond motifs is 1. The van der Waals surface area contributed by atoms with Crippen molar-refractivity contribution in [1.82, 2.24) is 5.06 Å². The van der Waals surface area contributed by atoms with Crippen molar-refractivity contribution in [1.29, 1.82) is 0 Å². The second-order valence-electron chi connectivity index (χ2n) is 5.70. The highest BCUT2D eigenvalue weighted by Gasteiger charge is 2.54. The van der Waals surface area contributed by atoms with E-state index in [1.807, 2.05) is 0 Å². The van der Waals surface area contributed by atoms with Crippen LogP contribution in [0.4, 0.5) is 0 Å². The van der Waals surface area contributed by atoms with Gasteiger partial charge in [-0.1, -0.05) is 12.8 Å². The Morgan fingerprint density at radius 1 is 1.41 bits per heavy atom. The molecule has 3 aliphatic rings. The number of carbonyl (C=O) groups is 1. The molecule has 4 heteroatoms. The Balaban J connectivity index is 1.74. The zero-order valence-electron chi connectivity index (χ0n) is 10.5. The molecule has 17 heavy (non-hydrogen) atoms. The number of methoxy groups -OCH3 is 1. The standard InChI is InChI=1S/C13H21NO3/c1-16-12(15)8-10-5-7-13-6-3-2-4-11(9-13)17-14(10)13/h10-11H,2-9H2,1H3/t10-,11+,13-/m0/s1. The molecule has 0 unspecified atom stereocenters. The lowest BCUT2D eigenvalue weighted by Gasteiger charge is -2.33. The number of hydrogen-bond donors (Lipinski definition) is 0. The van der Waals surface area contributed by atoms with E-state index in [4.69, 9.17) is 9.57 Å². The van der Waals surface area contributed by atoms with E-state index in [9.17, 15) is 4.79 Å². The van der Waals surface area contributed by atoms with Crippen molar-refractivity contribution < 1.29 is 14.4 Å². The second kappa shape index (κ2) is 4.25. The molecule has 1 spiro atoms. The number of carbonyl (C=O) groups excluding carboxylic acids is 1. The largest absolute Gasteiger partial charge is 0.469 e. The number of rotatable bonds is 2. The van der Waals surface area contributed by atoms with E-state index in [0.717, 1.165) is 6.42 Å². The maximum atomic E-state index is 11.4. The molecular weight excluding hydrogens is 218 g/mol. The Hall–Kier alpha value is -0.610. The Kier molecular flexibility index (Phi) is 2.87. The monoisotopic (exact) mass is 239 g/mol. The molecular formula is C13H21NO3. The van der Waals surface area contributed by atoms with E-state index in [2.05, 4.69) is 5.06 Å². The summed E-state index contributed by atoms with van der Waals surface area (Å²) < 4.78 is 4.77. The average Bonchev–Trinajstić information content (AvgIpc) is 2.70. The number of esters is 1. The molecule has 0 amide bonds. The average molecular weight is 239 g/mol. The topological polar surface area (TPSA) is 38.8 Å². The highest BCUT2D eigenvalue weighted by atomic mass is 16.7. The third kappa shape index (κ3) is 1.87. The molecule has 3 fully saturated rings. The van der Waals surface area contributed by atoms with Crippen LogP contribution in [0.25, 0.3) is 0 Å². The van der Waals surface area contributed by atoms with Crippen molar-refractivity contribution in [3.05, 3.63) is 0 Å². The molecule has 0 aromatic heterocycles. The third-order valence-corrected chi connectivity index (χ3v) is 4.66. The van der Waals surface area contributed by atoms with Crippen LogP contribution in [0.1, 0.15) is 51.4 Å². The summed E-state index contributed by atoms with van der Waals surface area (Å²) in [5.74, 6) is -0.116. The van der Waals surface area contributed by atoms with Gasteiger partial charge in [-0.15, -0.1) is 0 Å². The van der Waals surface area contributed by atoms with E-state index >= 15 is 0 Å². The summed E-state index contributed by atoms with van der Waals surface area (Å²) in [5, 5.41) is 2.17. The van der Waals surface area contributed by atoms with Crippen LogP contribution in [-0.4, -0.2) is 35.8 Å². The molecule has 0 radical (unpaired) electrons. The summed E-state index contributed by atoms with van der Waals surface area (Å²) in [6, 6.07) is 0.241. The summed E-state index contributed by atoms with van der Waals surface area (Å²) in [4.78, 5) is 17.5. The van der Waals surface area contributed by atoms with Crippen LogP contribution < -0.4 is 0 Å². The van der Waals surface area contributed by atoms with Crippen molar-refractivity contribution in [2.75, 3.05) is 7.11 Å². The summed E-state index contributed by atoms with van der Waals surface area (Å²) in [7, 11) is 1.46. The molecule has 0 aromatic rings. The van der Waals surface area contributed by atoms with Gasteiger partial charge in [-0.05, 0) is 32.1 Å². The predicted octanol–water partition coefficient (Wildman–Crippen LogP) is 2.03. The summed E-state index contributed by atoms with van der Waals surface area (Å²) >= 11 is 0. The molecule has 3 atom stereocenters. The Morgan fingerprint density at radius 2 is 2.29 bits per heavy atom. The van der Waals surface area contributed by atoms with Gasteiger partial charge in [0.05, 0.1) is 19.6 Å². The van der Waals surface area contributed by atoms with Gasteiger partial charge in [0.1, 0.15) is 0 Å². The first kappa shape index (κ1) is 11.5. The number of hydroxylamine groups is 2. The molecule has 3 rings (SSSR count). The Bertz CT molecular complexity index is 320. The fourth-order valence-corrected chi connectivity index (χ4v) is 3.84. The highest BCUT2D eigenvalue weighted by molar-refractivity contribution is 5.70. The molecule has 2 bridgehead atoms. The van der Waals surface area contributed by atoms with Crippen LogP contribution in [-0.2, 0) is 14.4 Å². The second-order valence-corrected chi connectivity index (χ2v) is 5.70. The summed E-state index contributed by atoms with van der Waals surface area (Å²) in [6.45, 7) is 0. The first-order valence-electron chi connectivity index (χ1n) is 6.76. The Morgan fingerprint density at radius 3 is 3.12 bits per heavy atom. The van der Waals surface area contributed by atoms with Crippen LogP contribution in [0.2, 0.25) is 0 Å². The highest BCUT2D eigenvalue weighted by Crippen LogP contribution is 2.50. The van der Waals surface area contributed by atoms with Gasteiger partial charge in [0.15, 0.2) is 0 Å². The lowest BCUT2D eigenvalue weighted by atomic mass is 9.89. The number of hydrogen-bond acceptors (Lipinski definition) is 4. The number of ether oxygens (including phenoxy) is 1. The zero-order valence-corrected chi connectivity index (χ0v) is 10.5. The zero-order chi connectivity index (χ0) is 11.9. The fraction of sp³-hybridized carbons (Fsp3) is 0.923. The van der Waals surface area contributed by atoms with Gasteiger partial charge in [-0.3, -0.25) is 9.63 Å². The van der Waals surface area contributed by atoms with Crippen LogP contribution in [0.15, 0.2) is 0 Å². The summed E-state index contributed by atoms with van der Waals surface area (Å²) in [6.07, 6.45) is 9.33. The van der Waals surface area contributed by atoms with Gasteiger partial charge in [-0.2, -0.15) is 5.06 Å². The van der Waals surface area contributed by atoms with E-state index in [1.165, 1.54) is 45.6 Å². The van der Waals surface area contributed by atoms with Gasteiger partial charge in [0, 0.05) is 11.6 Å². The molecule has 96 valence electrons. The number of nitrogens with zero attached hydrogens (tertiary/aromatic N) is 1. The third-order valence-electron chi connectivity index (χ3n) is 4.66. The first-order valence-corrected chi connectivity index (χ1v) is 6.76. The molecule has 0 aromatic carbocycles. The molecule has 0 N–H and O–H groups in total. The van der Waals surface area contributed by atoms with Crippen LogP contribution in [0.5, 0.6) is 0 Å². The van der Waals surface area contributed by atoms with Gasteiger partial charge < -0.3 is 4.74 Å². The molecule has 2 saturated heterocycles. The van der Waals surface area contributed by atoms with Crippen LogP contribution in [0, 0.1) is 0 Å². The quantitative estimate of drug-likeness (QED) is 0.691. The van der Waals surface area contributed by atoms with E-state index < -0.39 is 0 Å². The van der Waals surface area contributed by atoms with Crippen LogP contribution >= 0.6 is 0 Å². The maximum Gasteiger partial charge on any atom is 0.307 e. The van der Waals surface area contributed by atoms with Crippen molar-refractivity contribution in [2.45, 2.75) is 69.1 Å². The van der Waals surface area contributed by atoms with Gasteiger partial charge in [0.2, 0.25) is 0 Å². The fourth-order valence-electron chi connectivity index (χ4n) is 3.84. The van der Waals surface area contributed by atoms with E-state index in [0.29, 0.717) is 12.5 Å². The normalized spacial score (nSPS) is 41.0. The van der Waals surface area contributed by atoms with Gasteiger partial charge >= 0.3 is 5.97 Å². The minimum atomic E-state index is -0.116. The van der Waals surface area contributed by atoms with Gasteiger partial charge in [-0.25, -0.2) is 0 Å². The van der Waals surface area contributed by atoms with Crippen molar-refractivity contribution in [2.24, 2.45) is 0 Å². The van der Waals surface area contributed by atoms with Crippen molar-refractivity contribution in [3.8, 4) is 0 Å².